The van der Waals surface area contributed by atoms with Crippen molar-refractivity contribution in [1.82, 2.24) is 5.32 Å². The van der Waals surface area contributed by atoms with E-state index in [1.807, 2.05) is 0 Å². The average molecular weight is 266 g/mol. The van der Waals surface area contributed by atoms with Crippen LogP contribution >= 0.6 is 0 Å². The Morgan fingerprint density at radius 3 is 3.05 bits per heavy atom. The fourth-order valence-electron chi connectivity index (χ4n) is 2.34. The predicted molar refractivity (Wildman–Crippen MR) is 65.5 cm³/mol. The van der Waals surface area contributed by atoms with Gasteiger partial charge in [0.15, 0.2) is 5.75 Å². The first-order valence-corrected chi connectivity index (χ1v) is 6.12. The third-order valence-electron chi connectivity index (χ3n) is 3.19. The Kier molecular flexibility index (Phi) is 3.22. The van der Waals surface area contributed by atoms with Crippen LogP contribution in [0, 0.1) is 10.1 Å². The molecule has 1 unspecified atom stereocenters. The van der Waals surface area contributed by atoms with Gasteiger partial charge in [-0.05, 0) is 18.1 Å². The Morgan fingerprint density at radius 1 is 1.42 bits per heavy atom. The number of nitrogens with zero attached hydrogens (tertiary/aromatic N) is 1. The van der Waals surface area contributed by atoms with Crippen LogP contribution in [-0.4, -0.2) is 37.5 Å². The summed E-state index contributed by atoms with van der Waals surface area (Å²) in [6, 6.07) is 3.52. The van der Waals surface area contributed by atoms with E-state index in [2.05, 4.69) is 5.32 Å². The largest absolute Gasteiger partial charge is 0.453 e. The van der Waals surface area contributed by atoms with E-state index in [9.17, 15) is 10.1 Å². The lowest BCUT2D eigenvalue weighted by molar-refractivity contribution is -0.385. The minimum absolute atomic E-state index is 0.0322. The minimum atomic E-state index is -0.443. The maximum atomic E-state index is 11.0. The van der Waals surface area contributed by atoms with Crippen LogP contribution in [0.2, 0.25) is 0 Å². The molecule has 0 aliphatic carbocycles. The lowest BCUT2D eigenvalue weighted by atomic mass is 10.0. The zero-order valence-corrected chi connectivity index (χ0v) is 10.3. The van der Waals surface area contributed by atoms with Crippen molar-refractivity contribution in [1.29, 1.82) is 0 Å². The number of hydrogen-bond donors (Lipinski definition) is 1. The van der Waals surface area contributed by atoms with Crippen molar-refractivity contribution >= 4 is 5.69 Å². The fraction of sp³-hybridized carbons (Fsp3) is 0.500. The second-order valence-electron chi connectivity index (χ2n) is 4.54. The Morgan fingerprint density at radius 2 is 2.32 bits per heavy atom. The number of fused-ring (bicyclic) bond motifs is 1. The molecule has 0 aromatic heterocycles. The first kappa shape index (κ1) is 12.2. The lowest BCUT2D eigenvalue weighted by Crippen LogP contribution is -2.42. The summed E-state index contributed by atoms with van der Waals surface area (Å²) in [6.45, 7) is 2.15. The number of nitrogens with one attached hydrogen (secondary N) is 1. The van der Waals surface area contributed by atoms with Crippen LogP contribution in [0.4, 0.5) is 5.69 Å². The number of nitro groups is 1. The molecule has 2 heterocycles. The number of hydrogen-bond acceptors (Lipinski definition) is 6. The van der Waals surface area contributed by atoms with E-state index in [-0.39, 0.29) is 24.3 Å². The van der Waals surface area contributed by atoms with Crippen LogP contribution in [0.1, 0.15) is 5.56 Å². The highest BCUT2D eigenvalue weighted by Gasteiger charge is 2.27. The molecule has 0 spiro atoms. The van der Waals surface area contributed by atoms with Crippen molar-refractivity contribution in [3.8, 4) is 11.5 Å². The number of morpholine rings is 1. The molecule has 0 radical (unpaired) electrons. The number of rotatable bonds is 3. The molecule has 1 saturated heterocycles. The highest BCUT2D eigenvalue weighted by molar-refractivity contribution is 5.59. The Bertz CT molecular complexity index is 499. The van der Waals surface area contributed by atoms with E-state index in [1.54, 1.807) is 12.1 Å². The van der Waals surface area contributed by atoms with Gasteiger partial charge in [0.05, 0.1) is 18.1 Å². The smallest absolute Gasteiger partial charge is 0.315 e. The standard InChI is InChI=1S/C12H14N2O5/c15-14(16)10-4-8(3-9-6-17-2-1-13-9)5-11-12(10)19-7-18-11/h4-5,9,13H,1-3,6-7H2. The quantitative estimate of drug-likeness (QED) is 0.645. The van der Waals surface area contributed by atoms with Crippen molar-refractivity contribution in [2.45, 2.75) is 12.5 Å². The van der Waals surface area contributed by atoms with Gasteiger partial charge in [-0.15, -0.1) is 0 Å². The van der Waals surface area contributed by atoms with Gasteiger partial charge in [-0.1, -0.05) is 0 Å². The normalized spacial score (nSPS) is 21.4. The number of nitro benzene ring substituents is 1. The summed E-state index contributed by atoms with van der Waals surface area (Å²) in [6.07, 6.45) is 0.664. The third kappa shape index (κ3) is 2.47. The van der Waals surface area contributed by atoms with Gasteiger partial charge in [-0.2, -0.15) is 0 Å². The first-order chi connectivity index (χ1) is 9.24. The molecule has 0 saturated carbocycles. The van der Waals surface area contributed by atoms with Gasteiger partial charge in [-0.3, -0.25) is 10.1 Å². The Balaban J connectivity index is 1.85. The predicted octanol–water partition coefficient (Wildman–Crippen LogP) is 0.854. The molecular weight excluding hydrogens is 252 g/mol. The van der Waals surface area contributed by atoms with Gasteiger partial charge < -0.3 is 19.5 Å². The average Bonchev–Trinajstić information content (AvgIpc) is 2.87. The van der Waals surface area contributed by atoms with E-state index in [0.717, 1.165) is 12.1 Å². The molecule has 2 aliphatic rings. The highest BCUT2D eigenvalue weighted by atomic mass is 16.7. The SMILES string of the molecule is O=[N+]([O-])c1cc(CC2COCCN2)cc2c1OCO2. The van der Waals surface area contributed by atoms with Crippen LogP contribution in [0.15, 0.2) is 12.1 Å². The summed E-state index contributed by atoms with van der Waals surface area (Å²) >= 11 is 0. The monoisotopic (exact) mass is 266 g/mol. The van der Waals surface area contributed by atoms with Gasteiger partial charge in [0.1, 0.15) is 0 Å². The van der Waals surface area contributed by atoms with Crippen molar-refractivity contribution in [2.75, 3.05) is 26.6 Å². The zero-order chi connectivity index (χ0) is 13.2. The van der Waals surface area contributed by atoms with E-state index < -0.39 is 4.92 Å². The molecule has 1 fully saturated rings. The van der Waals surface area contributed by atoms with E-state index in [1.165, 1.54) is 0 Å². The Hall–Kier alpha value is -1.86. The molecule has 19 heavy (non-hydrogen) atoms. The van der Waals surface area contributed by atoms with Crippen molar-refractivity contribution in [2.24, 2.45) is 0 Å². The molecule has 1 aromatic rings. The first-order valence-electron chi connectivity index (χ1n) is 6.12. The summed E-state index contributed by atoms with van der Waals surface area (Å²) in [7, 11) is 0. The van der Waals surface area contributed by atoms with Crippen molar-refractivity contribution in [3.05, 3.63) is 27.8 Å². The summed E-state index contributed by atoms with van der Waals surface area (Å²) in [4.78, 5) is 10.6. The molecule has 1 aromatic carbocycles. The fourth-order valence-corrected chi connectivity index (χ4v) is 2.34. The summed E-state index contributed by atoms with van der Waals surface area (Å²) in [5, 5.41) is 14.4. The van der Waals surface area contributed by atoms with Gasteiger partial charge in [0.2, 0.25) is 12.5 Å². The van der Waals surface area contributed by atoms with Crippen LogP contribution in [0.25, 0.3) is 0 Å². The summed E-state index contributed by atoms with van der Waals surface area (Å²) < 4.78 is 15.7. The summed E-state index contributed by atoms with van der Waals surface area (Å²) in [5.41, 5.74) is 0.806. The lowest BCUT2D eigenvalue weighted by Gasteiger charge is -2.23. The van der Waals surface area contributed by atoms with Crippen LogP contribution < -0.4 is 14.8 Å². The second kappa shape index (κ2) is 5.02. The molecule has 7 nitrogen and oxygen atoms in total. The molecule has 3 rings (SSSR count). The van der Waals surface area contributed by atoms with Gasteiger partial charge >= 0.3 is 5.69 Å². The molecule has 102 valence electrons. The maximum Gasteiger partial charge on any atom is 0.315 e. The highest BCUT2D eigenvalue weighted by Crippen LogP contribution is 2.41. The summed E-state index contributed by atoms with van der Waals surface area (Å²) in [5.74, 6) is 0.669. The molecular formula is C12H14N2O5. The molecule has 7 heteroatoms. The van der Waals surface area contributed by atoms with Crippen LogP contribution in [0.3, 0.4) is 0 Å². The van der Waals surface area contributed by atoms with Crippen LogP contribution in [-0.2, 0) is 11.2 Å². The molecule has 1 atom stereocenters. The van der Waals surface area contributed by atoms with Crippen molar-refractivity contribution < 1.29 is 19.1 Å². The van der Waals surface area contributed by atoms with Crippen molar-refractivity contribution in [3.63, 3.8) is 0 Å². The second-order valence-corrected chi connectivity index (χ2v) is 4.54. The van der Waals surface area contributed by atoms with Gasteiger partial charge in [-0.25, -0.2) is 0 Å². The van der Waals surface area contributed by atoms with E-state index >= 15 is 0 Å². The molecule has 1 N–H and O–H groups in total. The molecule has 0 amide bonds. The van der Waals surface area contributed by atoms with Crippen LogP contribution in [0.5, 0.6) is 11.5 Å². The maximum absolute atomic E-state index is 11.0. The topological polar surface area (TPSA) is 82.9 Å². The zero-order valence-electron chi connectivity index (χ0n) is 10.3. The van der Waals surface area contributed by atoms with Gasteiger partial charge in [0, 0.05) is 18.7 Å². The number of benzene rings is 1. The van der Waals surface area contributed by atoms with Gasteiger partial charge in [0.25, 0.3) is 0 Å². The Labute approximate surface area is 109 Å². The van der Waals surface area contributed by atoms with E-state index in [0.29, 0.717) is 25.4 Å². The minimum Gasteiger partial charge on any atom is -0.453 e. The molecule has 0 bridgehead atoms. The van der Waals surface area contributed by atoms with E-state index in [4.69, 9.17) is 14.2 Å². The third-order valence-corrected chi connectivity index (χ3v) is 3.19. The molecule has 2 aliphatic heterocycles. The number of ether oxygens (including phenoxy) is 3.